The van der Waals surface area contributed by atoms with E-state index in [2.05, 4.69) is 37.1 Å². The lowest BCUT2D eigenvalue weighted by molar-refractivity contribution is 0.177. The second-order valence-electron chi connectivity index (χ2n) is 6.94. The Morgan fingerprint density at radius 2 is 1.88 bits per heavy atom. The van der Waals surface area contributed by atoms with Gasteiger partial charge in [-0.2, -0.15) is 5.10 Å². The molecule has 128 valence electrons. The van der Waals surface area contributed by atoms with E-state index in [-0.39, 0.29) is 0 Å². The van der Waals surface area contributed by atoms with Gasteiger partial charge in [-0.05, 0) is 50.0 Å². The van der Waals surface area contributed by atoms with Crippen molar-refractivity contribution in [2.24, 2.45) is 0 Å². The first-order valence-electron chi connectivity index (χ1n) is 8.86. The van der Waals surface area contributed by atoms with Gasteiger partial charge in [0.25, 0.3) is 0 Å². The first-order valence-corrected chi connectivity index (χ1v) is 9.23. The van der Waals surface area contributed by atoms with Crippen molar-refractivity contribution in [2.45, 2.75) is 50.9 Å². The summed E-state index contributed by atoms with van der Waals surface area (Å²) in [6, 6.07) is 9.38. The second kappa shape index (κ2) is 7.21. The molecular formula is C18H24ClN5. The monoisotopic (exact) mass is 345 g/mol. The average molecular weight is 346 g/mol. The summed E-state index contributed by atoms with van der Waals surface area (Å²) in [6.45, 7) is 4.29. The number of nitrogens with zero attached hydrogens (tertiary/aromatic N) is 4. The van der Waals surface area contributed by atoms with E-state index in [0.29, 0.717) is 12.1 Å². The van der Waals surface area contributed by atoms with E-state index < -0.39 is 0 Å². The highest BCUT2D eigenvalue weighted by molar-refractivity contribution is 6.30. The SMILES string of the molecule is Clc1ccc(CN2CCC(N[C@@H]3CCc4ncnn4C3)CC2)cc1. The molecule has 0 unspecified atom stereocenters. The van der Waals surface area contributed by atoms with Gasteiger partial charge in [0, 0.05) is 30.1 Å². The molecule has 6 heteroatoms. The van der Waals surface area contributed by atoms with Crippen molar-refractivity contribution in [3.05, 3.63) is 47.0 Å². The number of nitrogens with one attached hydrogen (secondary N) is 1. The van der Waals surface area contributed by atoms with Gasteiger partial charge in [0.05, 0.1) is 6.54 Å². The Balaban J connectivity index is 1.24. The Hall–Kier alpha value is -1.43. The summed E-state index contributed by atoms with van der Waals surface area (Å²) >= 11 is 5.96. The normalized spacial score (nSPS) is 22.5. The maximum Gasteiger partial charge on any atom is 0.138 e. The van der Waals surface area contributed by atoms with Crippen molar-refractivity contribution in [1.29, 1.82) is 0 Å². The highest BCUT2D eigenvalue weighted by Crippen LogP contribution is 2.18. The van der Waals surface area contributed by atoms with E-state index >= 15 is 0 Å². The van der Waals surface area contributed by atoms with Crippen molar-refractivity contribution in [3.8, 4) is 0 Å². The molecule has 1 saturated heterocycles. The van der Waals surface area contributed by atoms with E-state index in [1.165, 1.54) is 24.8 Å². The third-order valence-electron chi connectivity index (χ3n) is 5.18. The summed E-state index contributed by atoms with van der Waals surface area (Å²) in [5.41, 5.74) is 1.34. The number of rotatable bonds is 4. The zero-order valence-electron chi connectivity index (χ0n) is 13.9. The fraction of sp³-hybridized carbons (Fsp3) is 0.556. The maximum absolute atomic E-state index is 5.96. The van der Waals surface area contributed by atoms with Crippen LogP contribution in [0, 0.1) is 0 Å². The number of halogens is 1. The summed E-state index contributed by atoms with van der Waals surface area (Å²) in [7, 11) is 0. The minimum atomic E-state index is 0.534. The van der Waals surface area contributed by atoms with Gasteiger partial charge in [-0.25, -0.2) is 9.67 Å². The largest absolute Gasteiger partial charge is 0.309 e. The zero-order valence-corrected chi connectivity index (χ0v) is 14.6. The van der Waals surface area contributed by atoms with Crippen LogP contribution in [-0.4, -0.2) is 44.8 Å². The molecule has 2 aromatic rings. The molecule has 1 aromatic carbocycles. The van der Waals surface area contributed by atoms with Crippen LogP contribution >= 0.6 is 11.6 Å². The number of benzene rings is 1. The quantitative estimate of drug-likeness (QED) is 0.924. The second-order valence-corrected chi connectivity index (χ2v) is 7.37. The van der Waals surface area contributed by atoms with Gasteiger partial charge in [0.1, 0.15) is 12.2 Å². The summed E-state index contributed by atoms with van der Waals surface area (Å²) < 4.78 is 2.05. The van der Waals surface area contributed by atoms with Gasteiger partial charge in [-0.1, -0.05) is 23.7 Å². The molecule has 4 rings (SSSR count). The molecule has 2 aliphatic rings. The van der Waals surface area contributed by atoms with Gasteiger partial charge in [0.2, 0.25) is 0 Å². The molecular weight excluding hydrogens is 322 g/mol. The van der Waals surface area contributed by atoms with Crippen LogP contribution in [0.25, 0.3) is 0 Å². The van der Waals surface area contributed by atoms with Crippen LogP contribution in [0.3, 0.4) is 0 Å². The highest BCUT2D eigenvalue weighted by Gasteiger charge is 2.25. The predicted molar refractivity (Wildman–Crippen MR) is 95.0 cm³/mol. The number of piperidine rings is 1. The van der Waals surface area contributed by atoms with Gasteiger partial charge in [-0.3, -0.25) is 4.90 Å². The van der Waals surface area contributed by atoms with Gasteiger partial charge in [0.15, 0.2) is 0 Å². The smallest absolute Gasteiger partial charge is 0.138 e. The van der Waals surface area contributed by atoms with Gasteiger partial charge in [-0.15, -0.1) is 0 Å². The Morgan fingerprint density at radius 1 is 1.08 bits per heavy atom. The Bertz CT molecular complexity index is 660. The number of hydrogen-bond donors (Lipinski definition) is 1. The van der Waals surface area contributed by atoms with Crippen molar-refractivity contribution >= 4 is 11.6 Å². The molecule has 1 atom stereocenters. The summed E-state index contributed by atoms with van der Waals surface area (Å²) in [4.78, 5) is 6.84. The average Bonchev–Trinajstić information content (AvgIpc) is 3.06. The molecule has 3 heterocycles. The van der Waals surface area contributed by atoms with E-state index in [9.17, 15) is 0 Å². The van der Waals surface area contributed by atoms with Crippen LogP contribution in [0.4, 0.5) is 0 Å². The first-order chi connectivity index (χ1) is 11.8. The van der Waals surface area contributed by atoms with Crippen molar-refractivity contribution in [3.63, 3.8) is 0 Å². The number of aromatic nitrogens is 3. The van der Waals surface area contributed by atoms with Gasteiger partial charge < -0.3 is 5.32 Å². The van der Waals surface area contributed by atoms with Gasteiger partial charge >= 0.3 is 0 Å². The van der Waals surface area contributed by atoms with Crippen LogP contribution in [-0.2, 0) is 19.5 Å². The molecule has 0 saturated carbocycles. The summed E-state index contributed by atoms with van der Waals surface area (Å²) in [6.07, 6.45) is 6.31. The van der Waals surface area contributed by atoms with Crippen LogP contribution in [0.15, 0.2) is 30.6 Å². The van der Waals surface area contributed by atoms with E-state index in [4.69, 9.17) is 11.6 Å². The lowest BCUT2D eigenvalue weighted by Gasteiger charge is -2.35. The summed E-state index contributed by atoms with van der Waals surface area (Å²) in [5.74, 6) is 1.13. The van der Waals surface area contributed by atoms with Crippen molar-refractivity contribution in [2.75, 3.05) is 13.1 Å². The lowest BCUT2D eigenvalue weighted by atomic mass is 10.0. The van der Waals surface area contributed by atoms with Crippen molar-refractivity contribution in [1.82, 2.24) is 25.0 Å². The summed E-state index contributed by atoms with van der Waals surface area (Å²) in [5, 5.41) is 8.97. The third-order valence-corrected chi connectivity index (χ3v) is 5.44. The standard InChI is InChI=1S/C18H24ClN5/c19-15-3-1-14(2-4-15)11-23-9-7-16(8-10-23)22-17-5-6-18-20-13-21-24(18)12-17/h1-4,13,16-17,22H,5-12H2/t17-/m1/s1. The first kappa shape index (κ1) is 16.1. The number of aryl methyl sites for hydroxylation is 1. The molecule has 5 nitrogen and oxygen atoms in total. The fourth-order valence-electron chi connectivity index (χ4n) is 3.81. The molecule has 0 radical (unpaired) electrons. The molecule has 1 N–H and O–H groups in total. The molecule has 0 aliphatic carbocycles. The van der Waals surface area contributed by atoms with E-state index in [0.717, 1.165) is 43.4 Å². The fourth-order valence-corrected chi connectivity index (χ4v) is 3.94. The van der Waals surface area contributed by atoms with E-state index in [1.807, 2.05) is 12.1 Å². The minimum Gasteiger partial charge on any atom is -0.309 e. The molecule has 1 aromatic heterocycles. The van der Waals surface area contributed by atoms with Crippen LogP contribution in [0.2, 0.25) is 5.02 Å². The molecule has 0 bridgehead atoms. The minimum absolute atomic E-state index is 0.534. The van der Waals surface area contributed by atoms with Crippen molar-refractivity contribution < 1.29 is 0 Å². The van der Waals surface area contributed by atoms with Crippen LogP contribution < -0.4 is 5.32 Å². The highest BCUT2D eigenvalue weighted by atomic mass is 35.5. The van der Waals surface area contributed by atoms with Crippen LogP contribution in [0.1, 0.15) is 30.7 Å². The topological polar surface area (TPSA) is 46.0 Å². The Kier molecular flexibility index (Phi) is 4.83. The number of fused-ring (bicyclic) bond motifs is 1. The number of likely N-dealkylation sites (tertiary alicyclic amines) is 1. The molecule has 24 heavy (non-hydrogen) atoms. The third kappa shape index (κ3) is 3.79. The van der Waals surface area contributed by atoms with Crippen LogP contribution in [0.5, 0.6) is 0 Å². The Morgan fingerprint density at radius 3 is 2.67 bits per heavy atom. The molecule has 2 aliphatic heterocycles. The lowest BCUT2D eigenvalue weighted by Crippen LogP contribution is -2.48. The molecule has 0 spiro atoms. The number of hydrogen-bond acceptors (Lipinski definition) is 4. The predicted octanol–water partition coefficient (Wildman–Crippen LogP) is 2.50. The molecule has 1 fully saturated rings. The maximum atomic E-state index is 5.96. The Labute approximate surface area is 148 Å². The zero-order chi connectivity index (χ0) is 16.4. The molecule has 0 amide bonds. The van der Waals surface area contributed by atoms with E-state index in [1.54, 1.807) is 6.33 Å².